The molecule has 6 heteroatoms. The van der Waals surface area contributed by atoms with Crippen molar-refractivity contribution in [2.24, 2.45) is 0 Å². The van der Waals surface area contributed by atoms with Gasteiger partial charge < -0.3 is 5.32 Å². The lowest BCUT2D eigenvalue weighted by Crippen LogP contribution is -2.17. The molecule has 0 fully saturated rings. The summed E-state index contributed by atoms with van der Waals surface area (Å²) >= 11 is 0. The predicted octanol–water partition coefficient (Wildman–Crippen LogP) is 4.57. The van der Waals surface area contributed by atoms with Crippen molar-refractivity contribution in [1.29, 1.82) is 0 Å². The molecule has 0 radical (unpaired) electrons. The average molecular weight is 397 g/mol. The maximum atomic E-state index is 12.5. The zero-order chi connectivity index (χ0) is 18.3. The van der Waals surface area contributed by atoms with Crippen LogP contribution in [0.3, 0.4) is 0 Å². The van der Waals surface area contributed by atoms with Gasteiger partial charge in [-0.1, -0.05) is 45.0 Å². The first-order chi connectivity index (χ1) is 11.9. The maximum absolute atomic E-state index is 12.5. The molecule has 2 aromatic rings. The van der Waals surface area contributed by atoms with Gasteiger partial charge >= 0.3 is 0 Å². The Labute approximate surface area is 163 Å². The van der Waals surface area contributed by atoms with Crippen LogP contribution in [0.2, 0.25) is 0 Å². The topological polar surface area (TPSA) is 58.2 Å². The molecule has 0 saturated carbocycles. The Balaban J connectivity index is 0.00000338. The van der Waals surface area contributed by atoms with Crippen molar-refractivity contribution < 1.29 is 8.42 Å². The predicted molar refractivity (Wildman–Crippen MR) is 112 cm³/mol. The van der Waals surface area contributed by atoms with Gasteiger partial charge in [0.15, 0.2) is 0 Å². The van der Waals surface area contributed by atoms with E-state index in [-0.39, 0.29) is 17.3 Å². The van der Waals surface area contributed by atoms with E-state index in [1.807, 2.05) is 36.4 Å². The number of hydrogen-bond acceptors (Lipinski definition) is 3. The Kier molecular flexibility index (Phi) is 9.13. The first-order valence-corrected chi connectivity index (χ1v) is 10.3. The van der Waals surface area contributed by atoms with Gasteiger partial charge in [-0.05, 0) is 67.2 Å². The van der Waals surface area contributed by atoms with Crippen LogP contribution in [0.25, 0.3) is 0 Å². The third-order valence-electron chi connectivity index (χ3n) is 4.08. The molecule has 0 saturated heterocycles. The number of benzene rings is 2. The number of rotatable bonds is 9. The highest BCUT2D eigenvalue weighted by Crippen LogP contribution is 2.20. The van der Waals surface area contributed by atoms with Crippen LogP contribution in [0.15, 0.2) is 53.4 Å². The minimum absolute atomic E-state index is 0. The standard InChI is InChI=1S/C20H28N2O2S.ClH/c1-4-14-21-15-13-17-5-9-19(10-6-17)22-25(23,24)20-11-7-18(8-12-20)16(2)3;/h5-12,16,21-22H,4,13-15H2,1-3H3;1H. The fourth-order valence-electron chi connectivity index (χ4n) is 2.52. The van der Waals surface area contributed by atoms with Gasteiger partial charge in [0, 0.05) is 5.69 Å². The van der Waals surface area contributed by atoms with Crippen molar-refractivity contribution >= 4 is 28.1 Å². The Morgan fingerprint density at radius 2 is 1.54 bits per heavy atom. The zero-order valence-corrected chi connectivity index (χ0v) is 17.3. The van der Waals surface area contributed by atoms with Gasteiger partial charge in [0.25, 0.3) is 10.0 Å². The molecule has 26 heavy (non-hydrogen) atoms. The number of halogens is 1. The smallest absolute Gasteiger partial charge is 0.261 e. The van der Waals surface area contributed by atoms with Gasteiger partial charge in [0.1, 0.15) is 0 Å². The van der Waals surface area contributed by atoms with E-state index >= 15 is 0 Å². The second-order valence-corrected chi connectivity index (χ2v) is 8.21. The lowest BCUT2D eigenvalue weighted by atomic mass is 10.0. The molecule has 4 nitrogen and oxygen atoms in total. The van der Waals surface area contributed by atoms with E-state index in [4.69, 9.17) is 0 Å². The van der Waals surface area contributed by atoms with E-state index < -0.39 is 10.0 Å². The summed E-state index contributed by atoms with van der Waals surface area (Å²) < 4.78 is 27.6. The van der Waals surface area contributed by atoms with Gasteiger partial charge in [0.2, 0.25) is 0 Å². The molecule has 0 amide bonds. The Morgan fingerprint density at radius 3 is 2.08 bits per heavy atom. The van der Waals surface area contributed by atoms with E-state index in [2.05, 4.69) is 30.8 Å². The molecule has 0 aliphatic heterocycles. The molecule has 0 aliphatic rings. The van der Waals surface area contributed by atoms with Gasteiger partial charge in [-0.3, -0.25) is 4.72 Å². The minimum Gasteiger partial charge on any atom is -0.316 e. The SMILES string of the molecule is CCCNCCc1ccc(NS(=O)(=O)c2ccc(C(C)C)cc2)cc1.Cl. The Hall–Kier alpha value is -1.56. The summed E-state index contributed by atoms with van der Waals surface area (Å²) in [4.78, 5) is 0.282. The zero-order valence-electron chi connectivity index (χ0n) is 15.7. The van der Waals surface area contributed by atoms with Gasteiger partial charge in [-0.15, -0.1) is 12.4 Å². The van der Waals surface area contributed by atoms with Crippen molar-refractivity contribution in [2.75, 3.05) is 17.8 Å². The van der Waals surface area contributed by atoms with Crippen LogP contribution >= 0.6 is 12.4 Å². The van der Waals surface area contributed by atoms with E-state index in [9.17, 15) is 8.42 Å². The van der Waals surface area contributed by atoms with Gasteiger partial charge in [-0.2, -0.15) is 0 Å². The molecular formula is C20H29ClN2O2S. The van der Waals surface area contributed by atoms with E-state index in [0.29, 0.717) is 11.6 Å². The number of nitrogens with one attached hydrogen (secondary N) is 2. The third kappa shape index (κ3) is 6.63. The largest absolute Gasteiger partial charge is 0.316 e. The van der Waals surface area contributed by atoms with Crippen molar-refractivity contribution in [3.8, 4) is 0 Å². The van der Waals surface area contributed by atoms with Crippen LogP contribution in [-0.4, -0.2) is 21.5 Å². The first kappa shape index (κ1) is 22.5. The first-order valence-electron chi connectivity index (χ1n) is 8.85. The molecule has 0 atom stereocenters. The lowest BCUT2D eigenvalue weighted by Gasteiger charge is -2.11. The maximum Gasteiger partial charge on any atom is 0.261 e. The van der Waals surface area contributed by atoms with E-state index in [1.165, 1.54) is 5.56 Å². The monoisotopic (exact) mass is 396 g/mol. The van der Waals surface area contributed by atoms with E-state index in [1.54, 1.807) is 12.1 Å². The third-order valence-corrected chi connectivity index (χ3v) is 5.48. The minimum atomic E-state index is -3.56. The number of sulfonamides is 1. The highest BCUT2D eigenvalue weighted by molar-refractivity contribution is 7.92. The summed E-state index contributed by atoms with van der Waals surface area (Å²) in [7, 11) is -3.56. The molecule has 0 spiro atoms. The fourth-order valence-corrected chi connectivity index (χ4v) is 3.58. The molecule has 2 aromatic carbocycles. The molecule has 0 aromatic heterocycles. The quantitative estimate of drug-likeness (QED) is 0.610. The van der Waals surface area contributed by atoms with Crippen LogP contribution in [0.1, 0.15) is 44.2 Å². The summed E-state index contributed by atoms with van der Waals surface area (Å²) in [5.41, 5.74) is 2.89. The van der Waals surface area contributed by atoms with Gasteiger partial charge in [-0.25, -0.2) is 8.42 Å². The van der Waals surface area contributed by atoms with Crippen LogP contribution in [0, 0.1) is 0 Å². The van der Waals surface area contributed by atoms with Crippen molar-refractivity contribution in [2.45, 2.75) is 44.4 Å². The average Bonchev–Trinajstić information content (AvgIpc) is 2.60. The summed E-state index contributed by atoms with van der Waals surface area (Å²) in [6.45, 7) is 8.26. The molecule has 0 heterocycles. The molecule has 2 N–H and O–H groups in total. The van der Waals surface area contributed by atoms with Crippen molar-refractivity contribution in [3.63, 3.8) is 0 Å². The van der Waals surface area contributed by atoms with E-state index in [0.717, 1.165) is 31.5 Å². The summed E-state index contributed by atoms with van der Waals surface area (Å²) in [6, 6.07) is 14.6. The summed E-state index contributed by atoms with van der Waals surface area (Å²) in [5.74, 6) is 0.379. The Morgan fingerprint density at radius 1 is 0.923 bits per heavy atom. The van der Waals surface area contributed by atoms with Gasteiger partial charge in [0.05, 0.1) is 4.90 Å². The molecule has 0 aliphatic carbocycles. The normalized spacial score (nSPS) is 11.2. The van der Waals surface area contributed by atoms with Crippen molar-refractivity contribution in [1.82, 2.24) is 5.32 Å². The number of hydrogen-bond donors (Lipinski definition) is 2. The molecule has 0 bridgehead atoms. The van der Waals surface area contributed by atoms with Crippen LogP contribution in [-0.2, 0) is 16.4 Å². The van der Waals surface area contributed by atoms with Crippen molar-refractivity contribution in [3.05, 3.63) is 59.7 Å². The second-order valence-electron chi connectivity index (χ2n) is 6.53. The highest BCUT2D eigenvalue weighted by Gasteiger charge is 2.14. The second kappa shape index (κ2) is 10.6. The fraction of sp³-hybridized carbons (Fsp3) is 0.400. The molecule has 2 rings (SSSR count). The summed E-state index contributed by atoms with van der Waals surface area (Å²) in [6.07, 6.45) is 2.06. The summed E-state index contributed by atoms with van der Waals surface area (Å²) in [5, 5.41) is 3.36. The lowest BCUT2D eigenvalue weighted by molar-refractivity contribution is 0.601. The Bertz CT molecular complexity index is 757. The van der Waals surface area contributed by atoms with Crippen LogP contribution in [0.4, 0.5) is 5.69 Å². The number of anilines is 1. The van der Waals surface area contributed by atoms with Crippen LogP contribution in [0.5, 0.6) is 0 Å². The molecule has 144 valence electrons. The van der Waals surface area contributed by atoms with Crippen LogP contribution < -0.4 is 10.0 Å². The molecular weight excluding hydrogens is 368 g/mol. The highest BCUT2D eigenvalue weighted by atomic mass is 35.5. The molecule has 0 unspecified atom stereocenters.